The molecule has 1 N–H and O–H groups in total. The van der Waals surface area contributed by atoms with Crippen molar-refractivity contribution in [1.82, 2.24) is 5.32 Å². The van der Waals surface area contributed by atoms with Gasteiger partial charge in [-0.2, -0.15) is 0 Å². The van der Waals surface area contributed by atoms with E-state index in [-0.39, 0.29) is 0 Å². The number of nitrogens with one attached hydrogen (secondary N) is 1. The van der Waals surface area contributed by atoms with Crippen molar-refractivity contribution in [1.29, 1.82) is 0 Å². The van der Waals surface area contributed by atoms with Crippen LogP contribution < -0.4 is 10.1 Å². The Hall–Kier alpha value is -1.02. The third kappa shape index (κ3) is 2.79. The molecule has 2 fully saturated rings. The Balaban J connectivity index is 1.58. The fraction of sp³-hybridized carbons (Fsp3) is 0.647. The van der Waals surface area contributed by atoms with Gasteiger partial charge in [0.1, 0.15) is 5.75 Å². The Kier molecular flexibility index (Phi) is 3.53. The van der Waals surface area contributed by atoms with Crippen molar-refractivity contribution in [2.45, 2.75) is 51.6 Å². The molecule has 1 aliphatic carbocycles. The lowest BCUT2D eigenvalue weighted by Gasteiger charge is -2.47. The molecule has 0 unspecified atom stereocenters. The molecule has 1 heterocycles. The lowest BCUT2D eigenvalue weighted by atomic mass is 9.69. The normalized spacial score (nSPS) is 22.5. The molecule has 2 aliphatic rings. The summed E-state index contributed by atoms with van der Waals surface area (Å²) < 4.78 is 6.19. The molecule has 0 aromatic heterocycles. The van der Waals surface area contributed by atoms with Crippen LogP contribution in [-0.2, 0) is 0 Å². The topological polar surface area (TPSA) is 21.3 Å². The second-order valence-corrected chi connectivity index (χ2v) is 6.65. The van der Waals surface area contributed by atoms with Crippen LogP contribution in [0, 0.1) is 5.41 Å². The van der Waals surface area contributed by atoms with Gasteiger partial charge in [-0.1, -0.05) is 26.0 Å². The molecule has 104 valence electrons. The first kappa shape index (κ1) is 13.0. The minimum absolute atomic E-state index is 0.425. The summed E-state index contributed by atoms with van der Waals surface area (Å²) in [4.78, 5) is 0. The number of ether oxygens (including phenoxy) is 1. The van der Waals surface area contributed by atoms with Crippen molar-refractivity contribution in [3.63, 3.8) is 0 Å². The van der Waals surface area contributed by atoms with E-state index >= 15 is 0 Å². The molecule has 0 radical (unpaired) electrons. The van der Waals surface area contributed by atoms with Gasteiger partial charge in [-0.05, 0) is 54.7 Å². The van der Waals surface area contributed by atoms with Crippen LogP contribution in [0.2, 0.25) is 0 Å². The number of hydrogen-bond donors (Lipinski definition) is 1. The molecule has 1 spiro atoms. The van der Waals surface area contributed by atoms with Crippen LogP contribution in [0.4, 0.5) is 0 Å². The zero-order chi connectivity index (χ0) is 13.3. The Bertz CT molecular complexity index is 427. The van der Waals surface area contributed by atoms with Crippen LogP contribution in [0.1, 0.15) is 51.0 Å². The Morgan fingerprint density at radius 2 is 1.95 bits per heavy atom. The Morgan fingerprint density at radius 1 is 1.21 bits per heavy atom. The van der Waals surface area contributed by atoms with Gasteiger partial charge in [-0.25, -0.2) is 0 Å². The monoisotopic (exact) mass is 259 g/mol. The highest BCUT2D eigenvalue weighted by Gasteiger charge is 2.40. The van der Waals surface area contributed by atoms with Gasteiger partial charge in [0.2, 0.25) is 0 Å². The van der Waals surface area contributed by atoms with Crippen molar-refractivity contribution < 1.29 is 4.74 Å². The molecule has 2 heteroatoms. The summed E-state index contributed by atoms with van der Waals surface area (Å²) in [6.45, 7) is 6.91. The molecular weight excluding hydrogens is 234 g/mol. The van der Waals surface area contributed by atoms with E-state index in [1.165, 1.54) is 44.3 Å². The zero-order valence-corrected chi connectivity index (χ0v) is 12.1. The fourth-order valence-electron chi connectivity index (χ4n) is 3.29. The van der Waals surface area contributed by atoms with Gasteiger partial charge in [0, 0.05) is 13.1 Å². The highest BCUT2D eigenvalue weighted by atomic mass is 16.5. The van der Waals surface area contributed by atoms with E-state index < -0.39 is 0 Å². The van der Waals surface area contributed by atoms with E-state index in [0.29, 0.717) is 17.4 Å². The maximum absolute atomic E-state index is 6.19. The molecule has 1 aromatic carbocycles. The molecule has 1 aromatic rings. The van der Waals surface area contributed by atoms with Crippen LogP contribution in [0.5, 0.6) is 5.75 Å². The average Bonchev–Trinajstić information content (AvgIpc) is 2.38. The van der Waals surface area contributed by atoms with Crippen LogP contribution in [0.25, 0.3) is 0 Å². The second kappa shape index (κ2) is 5.16. The molecule has 0 amide bonds. The molecule has 1 aliphatic heterocycles. The summed E-state index contributed by atoms with van der Waals surface area (Å²) in [7, 11) is 0. The maximum Gasteiger partial charge on any atom is 0.119 e. The second-order valence-electron chi connectivity index (χ2n) is 6.65. The SMILES string of the molecule is CC(C)c1cccc(OC2CCC3(CC2)CNC3)c1. The number of rotatable bonds is 3. The Morgan fingerprint density at radius 3 is 2.53 bits per heavy atom. The van der Waals surface area contributed by atoms with E-state index in [9.17, 15) is 0 Å². The largest absolute Gasteiger partial charge is 0.490 e. The number of hydrogen-bond acceptors (Lipinski definition) is 2. The quantitative estimate of drug-likeness (QED) is 0.893. The molecular formula is C17H25NO. The predicted molar refractivity (Wildman–Crippen MR) is 78.7 cm³/mol. The van der Waals surface area contributed by atoms with Gasteiger partial charge in [0.15, 0.2) is 0 Å². The van der Waals surface area contributed by atoms with Gasteiger partial charge in [0.05, 0.1) is 6.10 Å². The van der Waals surface area contributed by atoms with Gasteiger partial charge in [-0.3, -0.25) is 0 Å². The smallest absolute Gasteiger partial charge is 0.119 e. The third-order valence-corrected chi connectivity index (χ3v) is 4.82. The van der Waals surface area contributed by atoms with Crippen LogP contribution >= 0.6 is 0 Å². The highest BCUT2D eigenvalue weighted by Crippen LogP contribution is 2.40. The molecule has 0 bridgehead atoms. The zero-order valence-electron chi connectivity index (χ0n) is 12.1. The van der Waals surface area contributed by atoms with Crippen LogP contribution in [0.3, 0.4) is 0 Å². The molecule has 0 atom stereocenters. The van der Waals surface area contributed by atoms with Crippen molar-refractivity contribution in [2.75, 3.05) is 13.1 Å². The molecule has 19 heavy (non-hydrogen) atoms. The standard InChI is InChI=1S/C17H25NO/c1-13(2)14-4-3-5-16(10-14)19-15-6-8-17(9-7-15)11-18-12-17/h3-5,10,13,15,18H,6-9,11-12H2,1-2H3. The van der Waals surface area contributed by atoms with Gasteiger partial charge in [-0.15, -0.1) is 0 Å². The maximum atomic E-state index is 6.19. The van der Waals surface area contributed by atoms with Crippen molar-refractivity contribution >= 4 is 0 Å². The lowest BCUT2D eigenvalue weighted by molar-refractivity contribution is 0.0421. The average molecular weight is 259 g/mol. The lowest BCUT2D eigenvalue weighted by Crippen LogP contribution is -2.55. The summed E-state index contributed by atoms with van der Waals surface area (Å²) in [6, 6.07) is 8.61. The first-order valence-electron chi connectivity index (χ1n) is 7.64. The van der Waals surface area contributed by atoms with E-state index in [1.807, 2.05) is 0 Å². The minimum atomic E-state index is 0.425. The highest BCUT2D eigenvalue weighted by molar-refractivity contribution is 5.30. The summed E-state index contributed by atoms with van der Waals surface area (Å²) in [6.07, 6.45) is 5.51. The van der Waals surface area contributed by atoms with Gasteiger partial charge >= 0.3 is 0 Å². The molecule has 1 saturated heterocycles. The summed E-state index contributed by atoms with van der Waals surface area (Å²) in [5.74, 6) is 1.62. The van der Waals surface area contributed by atoms with Crippen molar-refractivity contribution in [3.8, 4) is 5.75 Å². The van der Waals surface area contributed by atoms with E-state index in [4.69, 9.17) is 4.74 Å². The van der Waals surface area contributed by atoms with E-state index in [2.05, 4.69) is 43.4 Å². The van der Waals surface area contributed by atoms with Gasteiger partial charge in [0.25, 0.3) is 0 Å². The minimum Gasteiger partial charge on any atom is -0.490 e. The molecule has 2 nitrogen and oxygen atoms in total. The first-order valence-corrected chi connectivity index (χ1v) is 7.64. The Labute approximate surface area is 116 Å². The fourth-order valence-corrected chi connectivity index (χ4v) is 3.29. The summed E-state index contributed by atoms with van der Waals surface area (Å²) in [5.41, 5.74) is 1.99. The van der Waals surface area contributed by atoms with Crippen LogP contribution in [0.15, 0.2) is 24.3 Å². The van der Waals surface area contributed by atoms with Crippen molar-refractivity contribution in [2.24, 2.45) is 5.41 Å². The van der Waals surface area contributed by atoms with Gasteiger partial charge < -0.3 is 10.1 Å². The first-order chi connectivity index (χ1) is 9.17. The van der Waals surface area contributed by atoms with Crippen molar-refractivity contribution in [3.05, 3.63) is 29.8 Å². The predicted octanol–water partition coefficient (Wildman–Crippen LogP) is 3.72. The summed E-state index contributed by atoms with van der Waals surface area (Å²) >= 11 is 0. The van der Waals surface area contributed by atoms with Crippen LogP contribution in [-0.4, -0.2) is 19.2 Å². The van der Waals surface area contributed by atoms with E-state index in [1.54, 1.807) is 0 Å². The van der Waals surface area contributed by atoms with E-state index in [0.717, 1.165) is 5.75 Å². The molecule has 1 saturated carbocycles. The number of benzene rings is 1. The summed E-state index contributed by atoms with van der Waals surface area (Å²) in [5, 5.41) is 3.42. The third-order valence-electron chi connectivity index (χ3n) is 4.82. The molecule has 3 rings (SSSR count).